The van der Waals surface area contributed by atoms with Gasteiger partial charge in [0.25, 0.3) is 0 Å². The average molecular weight is 286 g/mol. The first kappa shape index (κ1) is 13.7. The maximum Gasteiger partial charge on any atom is 0.194 e. The molecule has 0 bridgehead atoms. The molecule has 2 aromatic rings. The van der Waals surface area contributed by atoms with Crippen molar-refractivity contribution in [3.8, 4) is 0 Å². The molecule has 0 aliphatic heterocycles. The molecule has 0 spiro atoms. The smallest absolute Gasteiger partial charge is 0.194 e. The Balaban J connectivity index is 2.21. The molecule has 0 amide bonds. The van der Waals surface area contributed by atoms with Crippen LogP contribution in [0.4, 0.5) is 18.9 Å². The molecule has 0 saturated heterocycles. The molecule has 0 aliphatic carbocycles. The fraction of sp³-hybridized carbons (Fsp3) is 0.143. The first-order valence-electron chi connectivity index (χ1n) is 5.64. The molecule has 1 unspecified atom stereocenters. The van der Waals surface area contributed by atoms with Crippen LogP contribution in [-0.4, -0.2) is 0 Å². The Labute approximate surface area is 114 Å². The summed E-state index contributed by atoms with van der Waals surface area (Å²) < 4.78 is 39.0. The molecule has 2 rings (SSSR count). The molecule has 0 saturated carbocycles. The van der Waals surface area contributed by atoms with E-state index in [4.69, 9.17) is 11.6 Å². The lowest BCUT2D eigenvalue weighted by Gasteiger charge is -2.16. The van der Waals surface area contributed by atoms with Gasteiger partial charge >= 0.3 is 0 Å². The minimum Gasteiger partial charge on any atom is -0.378 e. The Morgan fingerprint density at radius 2 is 1.68 bits per heavy atom. The second-order valence-corrected chi connectivity index (χ2v) is 4.61. The third-order valence-electron chi connectivity index (χ3n) is 2.72. The van der Waals surface area contributed by atoms with E-state index in [2.05, 4.69) is 5.32 Å². The quantitative estimate of drug-likeness (QED) is 0.789. The van der Waals surface area contributed by atoms with Crippen molar-refractivity contribution in [2.24, 2.45) is 0 Å². The lowest BCUT2D eigenvalue weighted by molar-refractivity contribution is 0.447. The molecule has 0 heterocycles. The van der Waals surface area contributed by atoms with E-state index in [1.54, 1.807) is 18.2 Å². The zero-order valence-electron chi connectivity index (χ0n) is 10.1. The summed E-state index contributed by atoms with van der Waals surface area (Å²) in [7, 11) is 0. The zero-order valence-corrected chi connectivity index (χ0v) is 10.8. The van der Waals surface area contributed by atoms with Crippen LogP contribution in [-0.2, 0) is 0 Å². The van der Waals surface area contributed by atoms with E-state index in [0.717, 1.165) is 17.7 Å². The molecule has 1 atom stereocenters. The molecule has 1 nitrogen and oxygen atoms in total. The summed E-state index contributed by atoms with van der Waals surface area (Å²) in [5.74, 6) is -3.91. The summed E-state index contributed by atoms with van der Waals surface area (Å²) in [4.78, 5) is 0. The van der Waals surface area contributed by atoms with Gasteiger partial charge in [-0.2, -0.15) is 0 Å². The van der Waals surface area contributed by atoms with Crippen LogP contribution in [0.5, 0.6) is 0 Å². The topological polar surface area (TPSA) is 12.0 Å². The fourth-order valence-corrected chi connectivity index (χ4v) is 1.95. The van der Waals surface area contributed by atoms with E-state index in [0.29, 0.717) is 5.02 Å². The second-order valence-electron chi connectivity index (χ2n) is 4.17. The van der Waals surface area contributed by atoms with Gasteiger partial charge in [-0.25, -0.2) is 13.2 Å². The summed E-state index contributed by atoms with van der Waals surface area (Å²) >= 11 is 5.87. The molecule has 0 fully saturated rings. The van der Waals surface area contributed by atoms with E-state index in [-0.39, 0.29) is 11.7 Å². The number of hydrogen-bond donors (Lipinski definition) is 1. The molecule has 0 radical (unpaired) electrons. The predicted octanol–water partition coefficient (Wildman–Crippen LogP) is 4.93. The molecule has 0 aliphatic rings. The lowest BCUT2D eigenvalue weighted by Crippen LogP contribution is -2.07. The van der Waals surface area contributed by atoms with E-state index in [1.165, 1.54) is 0 Å². The Kier molecular flexibility index (Phi) is 4.00. The monoisotopic (exact) mass is 285 g/mol. The lowest BCUT2D eigenvalue weighted by atomic mass is 10.1. The molecule has 2 aromatic carbocycles. The maximum atomic E-state index is 13.1. The summed E-state index contributed by atoms with van der Waals surface area (Å²) in [5.41, 5.74) is 1.03. The van der Waals surface area contributed by atoms with Crippen LogP contribution in [0.2, 0.25) is 5.02 Å². The van der Waals surface area contributed by atoms with Gasteiger partial charge in [0.05, 0.1) is 0 Å². The standard InChI is InChI=1S/C14H11ClF3N/c1-8(9-3-2-4-10(15)5-9)19-11-6-12(16)14(18)13(17)7-11/h2-8,19H,1H3. The van der Waals surface area contributed by atoms with E-state index < -0.39 is 17.5 Å². The number of anilines is 1. The Hall–Kier alpha value is -1.68. The fourth-order valence-electron chi connectivity index (χ4n) is 1.75. The second kappa shape index (κ2) is 5.53. The van der Waals surface area contributed by atoms with Crippen LogP contribution in [0.1, 0.15) is 18.5 Å². The van der Waals surface area contributed by atoms with Crippen LogP contribution in [0.15, 0.2) is 36.4 Å². The van der Waals surface area contributed by atoms with Crippen molar-refractivity contribution in [2.45, 2.75) is 13.0 Å². The summed E-state index contributed by atoms with van der Waals surface area (Å²) in [6.45, 7) is 1.81. The third kappa shape index (κ3) is 3.20. The normalized spacial score (nSPS) is 12.3. The van der Waals surface area contributed by atoms with E-state index >= 15 is 0 Å². The highest BCUT2D eigenvalue weighted by atomic mass is 35.5. The van der Waals surface area contributed by atoms with E-state index in [9.17, 15) is 13.2 Å². The first-order chi connectivity index (χ1) is 8.97. The number of halogens is 4. The highest BCUT2D eigenvalue weighted by Crippen LogP contribution is 2.24. The van der Waals surface area contributed by atoms with Crippen molar-refractivity contribution < 1.29 is 13.2 Å². The summed E-state index contributed by atoms with van der Waals surface area (Å²) in [6.07, 6.45) is 0. The molecule has 5 heteroatoms. The van der Waals surface area contributed by atoms with Crippen molar-refractivity contribution in [3.63, 3.8) is 0 Å². The Morgan fingerprint density at radius 1 is 1.05 bits per heavy atom. The highest BCUT2D eigenvalue weighted by Gasteiger charge is 2.12. The first-order valence-corrected chi connectivity index (χ1v) is 6.01. The van der Waals surface area contributed by atoms with Gasteiger partial charge < -0.3 is 5.32 Å². The van der Waals surface area contributed by atoms with Gasteiger partial charge in [-0.05, 0) is 24.6 Å². The predicted molar refractivity (Wildman–Crippen MR) is 69.8 cm³/mol. The highest BCUT2D eigenvalue weighted by molar-refractivity contribution is 6.30. The average Bonchev–Trinajstić information content (AvgIpc) is 2.36. The van der Waals surface area contributed by atoms with Gasteiger partial charge in [-0.15, -0.1) is 0 Å². The van der Waals surface area contributed by atoms with Crippen LogP contribution in [0, 0.1) is 17.5 Å². The number of hydrogen-bond acceptors (Lipinski definition) is 1. The van der Waals surface area contributed by atoms with Crippen molar-refractivity contribution in [3.05, 3.63) is 64.4 Å². The van der Waals surface area contributed by atoms with Gasteiger partial charge in [-0.3, -0.25) is 0 Å². The van der Waals surface area contributed by atoms with Gasteiger partial charge in [0.15, 0.2) is 17.5 Å². The minimum absolute atomic E-state index is 0.170. The van der Waals surface area contributed by atoms with Gasteiger partial charge in [0.2, 0.25) is 0 Å². The molecule has 0 aromatic heterocycles. The maximum absolute atomic E-state index is 13.1. The molecule has 19 heavy (non-hydrogen) atoms. The van der Waals surface area contributed by atoms with Crippen molar-refractivity contribution >= 4 is 17.3 Å². The number of benzene rings is 2. The zero-order chi connectivity index (χ0) is 14.0. The molecular formula is C14H11ClF3N. The van der Waals surface area contributed by atoms with Crippen LogP contribution in [0.3, 0.4) is 0 Å². The number of rotatable bonds is 3. The van der Waals surface area contributed by atoms with Crippen molar-refractivity contribution in [1.29, 1.82) is 0 Å². The van der Waals surface area contributed by atoms with Crippen LogP contribution in [0.25, 0.3) is 0 Å². The van der Waals surface area contributed by atoms with E-state index in [1.807, 2.05) is 13.0 Å². The van der Waals surface area contributed by atoms with Crippen LogP contribution < -0.4 is 5.32 Å². The van der Waals surface area contributed by atoms with Gasteiger partial charge in [0.1, 0.15) is 0 Å². The minimum atomic E-state index is -1.47. The summed E-state index contributed by atoms with van der Waals surface area (Å²) in [6, 6.07) is 8.70. The van der Waals surface area contributed by atoms with Gasteiger partial charge in [0, 0.05) is 28.9 Å². The van der Waals surface area contributed by atoms with Crippen molar-refractivity contribution in [1.82, 2.24) is 0 Å². The third-order valence-corrected chi connectivity index (χ3v) is 2.95. The Bertz CT molecular complexity index is 578. The molecular weight excluding hydrogens is 275 g/mol. The summed E-state index contributed by atoms with van der Waals surface area (Å²) in [5, 5.41) is 3.46. The van der Waals surface area contributed by atoms with Gasteiger partial charge in [-0.1, -0.05) is 23.7 Å². The number of nitrogens with one attached hydrogen (secondary N) is 1. The SMILES string of the molecule is CC(Nc1cc(F)c(F)c(F)c1)c1cccc(Cl)c1. The molecule has 100 valence electrons. The Morgan fingerprint density at radius 3 is 2.26 bits per heavy atom. The molecule has 1 N–H and O–H groups in total. The van der Waals surface area contributed by atoms with Crippen LogP contribution >= 0.6 is 11.6 Å². The van der Waals surface area contributed by atoms with Crippen molar-refractivity contribution in [2.75, 3.05) is 5.32 Å². The largest absolute Gasteiger partial charge is 0.378 e.